The van der Waals surface area contributed by atoms with Crippen molar-refractivity contribution >= 4 is 5.97 Å². The van der Waals surface area contributed by atoms with E-state index in [4.69, 9.17) is 5.11 Å². The molecule has 1 aliphatic carbocycles. The van der Waals surface area contributed by atoms with Gasteiger partial charge in [-0.25, -0.2) is 8.78 Å². The summed E-state index contributed by atoms with van der Waals surface area (Å²) in [6, 6.07) is 4.85. The number of alkyl halides is 1. The van der Waals surface area contributed by atoms with Crippen molar-refractivity contribution in [2.24, 2.45) is 5.92 Å². The molecule has 0 bridgehead atoms. The summed E-state index contributed by atoms with van der Waals surface area (Å²) in [5, 5.41) is 8.59. The number of rotatable bonds is 2. The van der Waals surface area contributed by atoms with Crippen LogP contribution in [0.5, 0.6) is 0 Å². The zero-order valence-electron chi connectivity index (χ0n) is 7.21. The van der Waals surface area contributed by atoms with Crippen molar-refractivity contribution in [2.75, 3.05) is 0 Å². The highest BCUT2D eigenvalue weighted by atomic mass is 19.1. The van der Waals surface area contributed by atoms with Crippen LogP contribution in [0.15, 0.2) is 24.3 Å². The third-order valence-corrected chi connectivity index (χ3v) is 2.52. The Bertz CT molecular complexity index is 374. The van der Waals surface area contributed by atoms with Crippen LogP contribution in [0.3, 0.4) is 0 Å². The topological polar surface area (TPSA) is 37.3 Å². The lowest BCUT2D eigenvalue weighted by Crippen LogP contribution is -2.09. The predicted molar refractivity (Wildman–Crippen MR) is 44.9 cm³/mol. The standard InChI is InChI=1S/C10H8F2O2/c11-7-3-1-6(2-4-7)10(12)5-8(10)9(13)14/h1-4,8H,5H2,(H,13,14)/t8-,10-/m0/s1. The van der Waals surface area contributed by atoms with Crippen LogP contribution in [0.1, 0.15) is 12.0 Å². The van der Waals surface area contributed by atoms with Crippen LogP contribution in [-0.4, -0.2) is 11.1 Å². The summed E-state index contributed by atoms with van der Waals surface area (Å²) in [5.41, 5.74) is -1.55. The Labute approximate surface area is 79.2 Å². The highest BCUT2D eigenvalue weighted by molar-refractivity contribution is 5.76. The number of carboxylic acids is 1. The lowest BCUT2D eigenvalue weighted by Gasteiger charge is -2.05. The molecular weight excluding hydrogens is 190 g/mol. The van der Waals surface area contributed by atoms with E-state index >= 15 is 0 Å². The Hall–Kier alpha value is -1.45. The molecule has 74 valence electrons. The first-order valence-electron chi connectivity index (χ1n) is 4.22. The summed E-state index contributed by atoms with van der Waals surface area (Å²) in [5.74, 6) is -2.57. The fraction of sp³-hybridized carbons (Fsp3) is 0.300. The molecule has 1 aromatic rings. The largest absolute Gasteiger partial charge is 0.481 e. The summed E-state index contributed by atoms with van der Waals surface area (Å²) in [4.78, 5) is 10.5. The molecule has 0 heterocycles. The number of carbonyl (C=O) groups is 1. The summed E-state index contributed by atoms with van der Waals surface area (Å²) < 4.78 is 26.3. The van der Waals surface area contributed by atoms with Crippen molar-refractivity contribution in [3.8, 4) is 0 Å². The van der Waals surface area contributed by atoms with Crippen molar-refractivity contribution in [3.05, 3.63) is 35.6 Å². The van der Waals surface area contributed by atoms with E-state index in [1.807, 2.05) is 0 Å². The third-order valence-electron chi connectivity index (χ3n) is 2.52. The number of carboxylic acid groups (broad SMARTS) is 1. The van der Waals surface area contributed by atoms with Gasteiger partial charge in [-0.3, -0.25) is 4.79 Å². The van der Waals surface area contributed by atoms with Crippen LogP contribution in [0.4, 0.5) is 8.78 Å². The summed E-state index contributed by atoms with van der Waals surface area (Å²) >= 11 is 0. The van der Waals surface area contributed by atoms with Gasteiger partial charge in [0.1, 0.15) is 11.5 Å². The van der Waals surface area contributed by atoms with Gasteiger partial charge in [0.15, 0.2) is 0 Å². The minimum Gasteiger partial charge on any atom is -0.481 e. The van der Waals surface area contributed by atoms with Gasteiger partial charge < -0.3 is 5.11 Å². The Morgan fingerprint density at radius 1 is 1.43 bits per heavy atom. The molecule has 4 heteroatoms. The Morgan fingerprint density at radius 2 is 2.00 bits per heavy atom. The molecule has 1 N–H and O–H groups in total. The predicted octanol–water partition coefficient (Wildman–Crippen LogP) is 2.10. The molecule has 0 unspecified atom stereocenters. The van der Waals surface area contributed by atoms with Crippen LogP contribution < -0.4 is 0 Å². The van der Waals surface area contributed by atoms with Crippen LogP contribution in [0.25, 0.3) is 0 Å². The van der Waals surface area contributed by atoms with E-state index in [2.05, 4.69) is 0 Å². The molecule has 2 atom stereocenters. The zero-order valence-corrected chi connectivity index (χ0v) is 7.21. The van der Waals surface area contributed by atoms with Crippen molar-refractivity contribution in [1.82, 2.24) is 0 Å². The highest BCUT2D eigenvalue weighted by Crippen LogP contribution is 2.55. The maximum absolute atomic E-state index is 13.8. The fourth-order valence-corrected chi connectivity index (χ4v) is 1.57. The van der Waals surface area contributed by atoms with Crippen molar-refractivity contribution < 1.29 is 18.7 Å². The maximum atomic E-state index is 13.8. The molecular formula is C10H8F2O2. The summed E-state index contributed by atoms with van der Waals surface area (Å²) in [7, 11) is 0. The molecule has 2 rings (SSSR count). The molecule has 1 saturated carbocycles. The highest BCUT2D eigenvalue weighted by Gasteiger charge is 2.61. The fourth-order valence-electron chi connectivity index (χ4n) is 1.57. The van der Waals surface area contributed by atoms with E-state index in [1.54, 1.807) is 0 Å². The zero-order chi connectivity index (χ0) is 10.3. The van der Waals surface area contributed by atoms with Gasteiger partial charge in [0.2, 0.25) is 0 Å². The van der Waals surface area contributed by atoms with Gasteiger partial charge in [-0.15, -0.1) is 0 Å². The first-order chi connectivity index (χ1) is 6.54. The van der Waals surface area contributed by atoms with Crippen LogP contribution in [-0.2, 0) is 10.5 Å². The monoisotopic (exact) mass is 198 g/mol. The molecule has 0 amide bonds. The number of aliphatic carboxylic acids is 1. The Balaban J connectivity index is 2.25. The van der Waals surface area contributed by atoms with Gasteiger partial charge >= 0.3 is 5.97 Å². The van der Waals surface area contributed by atoms with E-state index in [0.29, 0.717) is 0 Å². The second-order valence-corrected chi connectivity index (χ2v) is 3.46. The van der Waals surface area contributed by atoms with E-state index in [1.165, 1.54) is 12.1 Å². The summed E-state index contributed by atoms with van der Waals surface area (Å²) in [6.07, 6.45) is -0.0199. The van der Waals surface area contributed by atoms with E-state index in [0.717, 1.165) is 12.1 Å². The van der Waals surface area contributed by atoms with Gasteiger partial charge in [0, 0.05) is 6.42 Å². The lowest BCUT2D eigenvalue weighted by molar-refractivity contribution is -0.139. The molecule has 1 fully saturated rings. The van der Waals surface area contributed by atoms with Crippen molar-refractivity contribution in [1.29, 1.82) is 0 Å². The van der Waals surface area contributed by atoms with Gasteiger partial charge in [-0.1, -0.05) is 12.1 Å². The van der Waals surface area contributed by atoms with Crippen molar-refractivity contribution in [3.63, 3.8) is 0 Å². The number of hydrogen-bond acceptors (Lipinski definition) is 1. The number of halogens is 2. The first-order valence-corrected chi connectivity index (χ1v) is 4.22. The third kappa shape index (κ3) is 1.27. The molecule has 0 spiro atoms. The molecule has 1 aromatic carbocycles. The minimum absolute atomic E-state index is 0.0199. The maximum Gasteiger partial charge on any atom is 0.310 e. The lowest BCUT2D eigenvalue weighted by atomic mass is 10.1. The minimum atomic E-state index is -1.79. The second-order valence-electron chi connectivity index (χ2n) is 3.46. The second kappa shape index (κ2) is 2.77. The molecule has 0 saturated heterocycles. The molecule has 14 heavy (non-hydrogen) atoms. The number of benzene rings is 1. The quantitative estimate of drug-likeness (QED) is 0.790. The normalized spacial score (nSPS) is 30.0. The van der Waals surface area contributed by atoms with Crippen molar-refractivity contribution in [2.45, 2.75) is 12.1 Å². The average molecular weight is 198 g/mol. The van der Waals surface area contributed by atoms with Crippen LogP contribution >= 0.6 is 0 Å². The van der Waals surface area contributed by atoms with Gasteiger partial charge in [-0.2, -0.15) is 0 Å². The molecule has 2 nitrogen and oxygen atoms in total. The molecule has 0 aliphatic heterocycles. The van der Waals surface area contributed by atoms with Gasteiger partial charge in [0.05, 0.1) is 5.92 Å². The van der Waals surface area contributed by atoms with E-state index in [-0.39, 0.29) is 12.0 Å². The summed E-state index contributed by atoms with van der Waals surface area (Å²) in [6.45, 7) is 0. The van der Waals surface area contributed by atoms with Gasteiger partial charge in [-0.05, 0) is 17.7 Å². The SMILES string of the molecule is O=C(O)[C@@H]1C[C@]1(F)c1ccc(F)cc1. The van der Waals surface area contributed by atoms with Crippen LogP contribution in [0, 0.1) is 11.7 Å². The molecule has 0 radical (unpaired) electrons. The Morgan fingerprint density at radius 3 is 2.43 bits per heavy atom. The van der Waals surface area contributed by atoms with Gasteiger partial charge in [0.25, 0.3) is 0 Å². The van der Waals surface area contributed by atoms with E-state index in [9.17, 15) is 13.6 Å². The average Bonchev–Trinajstić information content (AvgIpc) is 2.80. The molecule has 0 aromatic heterocycles. The smallest absolute Gasteiger partial charge is 0.310 e. The first kappa shape index (κ1) is 9.12. The van der Waals surface area contributed by atoms with Crippen LogP contribution in [0.2, 0.25) is 0 Å². The van der Waals surface area contributed by atoms with E-state index < -0.39 is 23.4 Å². The Kier molecular flexibility index (Phi) is 1.80. The number of hydrogen-bond donors (Lipinski definition) is 1. The molecule has 1 aliphatic rings.